The van der Waals surface area contributed by atoms with E-state index in [4.69, 9.17) is 16.0 Å². The number of rotatable bonds is 5. The van der Waals surface area contributed by atoms with Crippen LogP contribution in [0.1, 0.15) is 25.0 Å². The highest BCUT2D eigenvalue weighted by atomic mass is 35.5. The minimum absolute atomic E-state index is 0.752. The summed E-state index contributed by atoms with van der Waals surface area (Å²) in [5.74, 6) is 1.04. The Hall–Kier alpha value is -1.21. The van der Waals surface area contributed by atoms with E-state index in [0.29, 0.717) is 0 Å². The van der Waals surface area contributed by atoms with Crippen LogP contribution in [0.25, 0.3) is 11.1 Å². The molecule has 89 valence electrons. The molecule has 2 aromatic rings. The molecule has 1 nitrogen and oxygen atoms in total. The van der Waals surface area contributed by atoms with Gasteiger partial charge < -0.3 is 4.42 Å². The predicted octanol–water partition coefficient (Wildman–Crippen LogP) is 5.15. The molecule has 0 fully saturated rings. The van der Waals surface area contributed by atoms with Crippen molar-refractivity contribution in [2.45, 2.75) is 25.7 Å². The maximum absolute atomic E-state index is 5.97. The number of hydrogen-bond donors (Lipinski definition) is 0. The van der Waals surface area contributed by atoms with E-state index in [1.807, 2.05) is 24.3 Å². The number of hydrogen-bond acceptors (Lipinski definition) is 1. The molecule has 1 radical (unpaired) electrons. The van der Waals surface area contributed by atoms with Gasteiger partial charge in [0.05, 0.1) is 6.26 Å². The van der Waals surface area contributed by atoms with E-state index in [1.54, 1.807) is 6.26 Å². The van der Waals surface area contributed by atoms with E-state index >= 15 is 0 Å². The van der Waals surface area contributed by atoms with Crippen LogP contribution in [-0.4, -0.2) is 0 Å². The minimum Gasteiger partial charge on any atom is -0.469 e. The second-order valence-electron chi connectivity index (χ2n) is 4.12. The summed E-state index contributed by atoms with van der Waals surface area (Å²) in [6, 6.07) is 9.91. The molecule has 0 N–H and O–H groups in total. The molecule has 2 rings (SSSR count). The minimum atomic E-state index is 0.752. The summed E-state index contributed by atoms with van der Waals surface area (Å²) in [6.45, 7) is 3.83. The van der Waals surface area contributed by atoms with E-state index < -0.39 is 0 Å². The van der Waals surface area contributed by atoms with Crippen LogP contribution in [0.2, 0.25) is 5.02 Å². The van der Waals surface area contributed by atoms with Gasteiger partial charge in [0.1, 0.15) is 5.76 Å². The fraction of sp³-hybridized carbons (Fsp3) is 0.267. The Kier molecular flexibility index (Phi) is 4.27. The average molecular weight is 248 g/mol. The third-order valence-corrected chi connectivity index (χ3v) is 2.97. The van der Waals surface area contributed by atoms with Crippen molar-refractivity contribution in [3.05, 3.63) is 54.3 Å². The first-order valence-electron chi connectivity index (χ1n) is 5.92. The Morgan fingerprint density at radius 1 is 1.12 bits per heavy atom. The lowest BCUT2D eigenvalue weighted by atomic mass is 10.1. The largest absolute Gasteiger partial charge is 0.469 e. The first-order valence-corrected chi connectivity index (χ1v) is 6.30. The number of aryl methyl sites for hydroxylation is 1. The molecule has 0 spiro atoms. The predicted molar refractivity (Wildman–Crippen MR) is 72.1 cm³/mol. The van der Waals surface area contributed by atoms with Crippen molar-refractivity contribution in [2.24, 2.45) is 0 Å². The normalized spacial score (nSPS) is 10.7. The van der Waals surface area contributed by atoms with E-state index in [0.717, 1.165) is 47.6 Å². The van der Waals surface area contributed by atoms with Crippen molar-refractivity contribution < 1.29 is 4.42 Å². The van der Waals surface area contributed by atoms with Crippen LogP contribution in [0.3, 0.4) is 0 Å². The zero-order valence-corrected chi connectivity index (χ0v) is 10.5. The topological polar surface area (TPSA) is 13.1 Å². The highest BCUT2D eigenvalue weighted by Crippen LogP contribution is 2.25. The van der Waals surface area contributed by atoms with Crippen molar-refractivity contribution in [1.29, 1.82) is 0 Å². The van der Waals surface area contributed by atoms with Gasteiger partial charge in [0.25, 0.3) is 0 Å². The van der Waals surface area contributed by atoms with Gasteiger partial charge in [-0.1, -0.05) is 43.5 Å². The second-order valence-corrected chi connectivity index (χ2v) is 4.56. The number of benzene rings is 1. The molecule has 1 aromatic carbocycles. The summed E-state index contributed by atoms with van der Waals surface area (Å²) in [6.07, 6.45) is 6.04. The smallest absolute Gasteiger partial charge is 0.104 e. The summed E-state index contributed by atoms with van der Waals surface area (Å²) in [7, 11) is 0. The molecule has 17 heavy (non-hydrogen) atoms. The Morgan fingerprint density at radius 2 is 2.00 bits per heavy atom. The fourth-order valence-electron chi connectivity index (χ4n) is 1.81. The standard InChI is InChI=1S/C15H16ClO/c1-2-3-4-8-15-10-13(11-17-15)12-6-5-7-14(16)9-12/h5-7,9-11H,1-4,8H2. The van der Waals surface area contributed by atoms with Gasteiger partial charge in [-0.2, -0.15) is 0 Å². The van der Waals surface area contributed by atoms with Crippen LogP contribution in [0, 0.1) is 6.92 Å². The summed E-state index contributed by atoms with van der Waals surface area (Å²) >= 11 is 5.97. The van der Waals surface area contributed by atoms with Gasteiger partial charge >= 0.3 is 0 Å². The lowest BCUT2D eigenvalue weighted by molar-refractivity contribution is 0.499. The highest BCUT2D eigenvalue weighted by molar-refractivity contribution is 6.30. The summed E-state index contributed by atoms with van der Waals surface area (Å²) in [4.78, 5) is 0. The van der Waals surface area contributed by atoms with Gasteiger partial charge in [-0.25, -0.2) is 0 Å². The summed E-state index contributed by atoms with van der Waals surface area (Å²) in [5, 5.41) is 0.752. The molecule has 0 amide bonds. The van der Waals surface area contributed by atoms with Gasteiger partial charge in [0.2, 0.25) is 0 Å². The SMILES string of the molecule is [CH2]CCCCc1cc(-c2cccc(Cl)c2)co1. The van der Waals surface area contributed by atoms with Crippen LogP contribution in [0.15, 0.2) is 41.0 Å². The first-order chi connectivity index (χ1) is 8.29. The Balaban J connectivity index is 2.07. The molecule has 2 heteroatoms. The van der Waals surface area contributed by atoms with Crippen LogP contribution in [-0.2, 0) is 6.42 Å². The monoisotopic (exact) mass is 247 g/mol. The molecule has 0 saturated carbocycles. The quantitative estimate of drug-likeness (QED) is 0.666. The van der Waals surface area contributed by atoms with Crippen LogP contribution in [0.5, 0.6) is 0 Å². The zero-order chi connectivity index (χ0) is 12.1. The molecule has 1 aromatic heterocycles. The van der Waals surface area contributed by atoms with Crippen LogP contribution >= 0.6 is 11.6 Å². The molecule has 1 heterocycles. The molecular formula is C15H16ClO. The Bertz CT molecular complexity index is 473. The molecule has 0 aliphatic heterocycles. The van der Waals surface area contributed by atoms with E-state index in [-0.39, 0.29) is 0 Å². The second kappa shape index (κ2) is 5.92. The maximum Gasteiger partial charge on any atom is 0.104 e. The van der Waals surface area contributed by atoms with Gasteiger partial charge in [0, 0.05) is 17.0 Å². The van der Waals surface area contributed by atoms with Crippen molar-refractivity contribution in [1.82, 2.24) is 0 Å². The maximum atomic E-state index is 5.97. The van der Waals surface area contributed by atoms with Crippen molar-refractivity contribution in [3.63, 3.8) is 0 Å². The van der Waals surface area contributed by atoms with Crippen LogP contribution in [0.4, 0.5) is 0 Å². The lowest BCUT2D eigenvalue weighted by Gasteiger charge is -1.96. The highest BCUT2D eigenvalue weighted by Gasteiger charge is 2.04. The van der Waals surface area contributed by atoms with E-state index in [2.05, 4.69) is 13.0 Å². The van der Waals surface area contributed by atoms with Crippen molar-refractivity contribution in [2.75, 3.05) is 0 Å². The van der Waals surface area contributed by atoms with Crippen molar-refractivity contribution >= 4 is 11.6 Å². The van der Waals surface area contributed by atoms with Gasteiger partial charge in [-0.05, 0) is 30.2 Å². The summed E-state index contributed by atoms with van der Waals surface area (Å²) in [5.41, 5.74) is 2.20. The average Bonchev–Trinajstić information content (AvgIpc) is 2.78. The van der Waals surface area contributed by atoms with Gasteiger partial charge in [-0.3, -0.25) is 0 Å². The molecule has 0 bridgehead atoms. The Morgan fingerprint density at radius 3 is 2.76 bits per heavy atom. The molecule has 0 aliphatic carbocycles. The molecule has 0 unspecified atom stereocenters. The molecule has 0 aliphatic rings. The summed E-state index contributed by atoms with van der Waals surface area (Å²) < 4.78 is 5.54. The third-order valence-electron chi connectivity index (χ3n) is 2.73. The third kappa shape index (κ3) is 3.37. The molecular weight excluding hydrogens is 232 g/mol. The van der Waals surface area contributed by atoms with Crippen LogP contribution < -0.4 is 0 Å². The first kappa shape index (κ1) is 12.3. The zero-order valence-electron chi connectivity index (χ0n) is 9.79. The van der Waals surface area contributed by atoms with Crippen molar-refractivity contribution in [3.8, 4) is 11.1 Å². The molecule has 0 saturated heterocycles. The number of furan rings is 1. The number of unbranched alkanes of at least 4 members (excludes halogenated alkanes) is 2. The fourth-order valence-corrected chi connectivity index (χ4v) is 2.00. The Labute approximate surface area is 107 Å². The van der Waals surface area contributed by atoms with Gasteiger partial charge in [0.15, 0.2) is 0 Å². The molecule has 0 atom stereocenters. The van der Waals surface area contributed by atoms with E-state index in [9.17, 15) is 0 Å². The van der Waals surface area contributed by atoms with Gasteiger partial charge in [-0.15, -0.1) is 0 Å². The number of halogens is 1. The lowest BCUT2D eigenvalue weighted by Crippen LogP contribution is -1.81. The van der Waals surface area contributed by atoms with E-state index in [1.165, 1.54) is 0 Å².